The van der Waals surface area contributed by atoms with Gasteiger partial charge in [0, 0.05) is 17.8 Å². The molecule has 2 N–H and O–H groups in total. The highest BCUT2D eigenvalue weighted by Crippen LogP contribution is 2.31. The molecule has 0 fully saturated rings. The second kappa shape index (κ2) is 8.59. The van der Waals surface area contributed by atoms with Crippen molar-refractivity contribution in [3.05, 3.63) is 73.8 Å². The molecule has 12 heteroatoms. The Balaban J connectivity index is 2.31. The molecule has 148 valence electrons. The number of nitrogens with zero attached hydrogens (tertiary/aromatic N) is 2. The molecule has 0 spiro atoms. The standard InChI is InChI=1S/C16H13Cl3N4O5/c1-9-2-4-11(5-3-9)20-15(16(17,18)19)21-14(24)10-6-12(22(25)26)8-13(7-10)23(27)28/h2-8,15,20H,1H3,(H,21,24)/t15-/m1/s1. The largest absolute Gasteiger partial charge is 0.362 e. The first-order valence-electron chi connectivity index (χ1n) is 7.62. The van der Waals surface area contributed by atoms with Crippen LogP contribution in [-0.4, -0.2) is 25.7 Å². The summed E-state index contributed by atoms with van der Waals surface area (Å²) in [5, 5.41) is 27.2. The van der Waals surface area contributed by atoms with Crippen LogP contribution in [0.3, 0.4) is 0 Å². The fraction of sp³-hybridized carbons (Fsp3) is 0.188. The molecular weight excluding hydrogens is 435 g/mol. The van der Waals surface area contributed by atoms with Crippen molar-refractivity contribution in [2.75, 3.05) is 5.32 Å². The van der Waals surface area contributed by atoms with Crippen molar-refractivity contribution in [1.82, 2.24) is 5.32 Å². The summed E-state index contributed by atoms with van der Waals surface area (Å²) < 4.78 is -1.99. The highest BCUT2D eigenvalue weighted by Gasteiger charge is 2.35. The average Bonchev–Trinajstić information content (AvgIpc) is 2.61. The smallest absolute Gasteiger partial charge is 0.277 e. The minimum atomic E-state index is -1.99. The summed E-state index contributed by atoms with van der Waals surface area (Å²) in [4.78, 5) is 32.8. The number of carbonyl (C=O) groups is 1. The van der Waals surface area contributed by atoms with Gasteiger partial charge in [-0.05, 0) is 19.1 Å². The summed E-state index contributed by atoms with van der Waals surface area (Å²) in [5.74, 6) is -0.900. The number of non-ortho nitro benzene ring substituents is 2. The summed E-state index contributed by atoms with van der Waals surface area (Å²) in [6.45, 7) is 1.88. The Morgan fingerprint density at radius 1 is 1.00 bits per heavy atom. The quantitative estimate of drug-likeness (QED) is 0.293. The van der Waals surface area contributed by atoms with Crippen molar-refractivity contribution in [1.29, 1.82) is 0 Å². The van der Waals surface area contributed by atoms with Crippen LogP contribution >= 0.6 is 34.8 Å². The molecule has 2 aromatic carbocycles. The predicted octanol–water partition coefficient (Wildman–Crippen LogP) is 4.35. The maximum atomic E-state index is 12.5. The number of amides is 1. The third-order valence-electron chi connectivity index (χ3n) is 3.55. The molecule has 2 rings (SSSR count). The SMILES string of the molecule is Cc1ccc(N[C@H](NC(=O)c2cc([N+](=O)[O-])cc([N+](=O)[O-])c2)C(Cl)(Cl)Cl)cc1. The van der Waals surface area contributed by atoms with Gasteiger partial charge in [0.2, 0.25) is 3.79 Å². The molecule has 0 aromatic heterocycles. The molecule has 0 bridgehead atoms. The lowest BCUT2D eigenvalue weighted by Gasteiger charge is -2.27. The second-order valence-electron chi connectivity index (χ2n) is 5.71. The summed E-state index contributed by atoms with van der Waals surface area (Å²) in [5.41, 5.74) is -0.0328. The number of alkyl halides is 3. The lowest BCUT2D eigenvalue weighted by molar-refractivity contribution is -0.394. The van der Waals surface area contributed by atoms with Gasteiger partial charge in [-0.15, -0.1) is 0 Å². The first-order chi connectivity index (χ1) is 13.0. The highest BCUT2D eigenvalue weighted by atomic mass is 35.6. The van der Waals surface area contributed by atoms with E-state index in [1.54, 1.807) is 24.3 Å². The van der Waals surface area contributed by atoms with Gasteiger partial charge in [0.15, 0.2) is 0 Å². The van der Waals surface area contributed by atoms with Crippen LogP contribution in [-0.2, 0) is 0 Å². The van der Waals surface area contributed by atoms with E-state index >= 15 is 0 Å². The third kappa shape index (κ3) is 5.69. The van der Waals surface area contributed by atoms with Crippen LogP contribution in [0.25, 0.3) is 0 Å². The maximum absolute atomic E-state index is 12.5. The van der Waals surface area contributed by atoms with Gasteiger partial charge < -0.3 is 10.6 Å². The van der Waals surface area contributed by atoms with E-state index in [2.05, 4.69) is 10.6 Å². The van der Waals surface area contributed by atoms with Crippen LogP contribution in [0.1, 0.15) is 15.9 Å². The van der Waals surface area contributed by atoms with E-state index in [1.165, 1.54) is 0 Å². The minimum Gasteiger partial charge on any atom is -0.362 e. The lowest BCUT2D eigenvalue weighted by Crippen LogP contribution is -2.49. The second-order valence-corrected chi connectivity index (χ2v) is 8.08. The summed E-state index contributed by atoms with van der Waals surface area (Å²) in [6, 6.07) is 9.51. The number of rotatable bonds is 6. The lowest BCUT2D eigenvalue weighted by atomic mass is 10.1. The van der Waals surface area contributed by atoms with E-state index < -0.39 is 37.1 Å². The summed E-state index contributed by atoms with van der Waals surface area (Å²) in [7, 11) is 0. The van der Waals surface area contributed by atoms with E-state index in [1.807, 2.05) is 6.92 Å². The van der Waals surface area contributed by atoms with Gasteiger partial charge in [-0.1, -0.05) is 52.5 Å². The topological polar surface area (TPSA) is 127 Å². The molecule has 2 aromatic rings. The van der Waals surface area contributed by atoms with E-state index in [4.69, 9.17) is 34.8 Å². The zero-order chi connectivity index (χ0) is 21.1. The van der Waals surface area contributed by atoms with E-state index in [9.17, 15) is 25.0 Å². The minimum absolute atomic E-state index is 0.328. The fourth-order valence-electron chi connectivity index (χ4n) is 2.17. The number of benzene rings is 2. The van der Waals surface area contributed by atoms with Crippen molar-refractivity contribution in [3.8, 4) is 0 Å². The number of halogens is 3. The third-order valence-corrected chi connectivity index (χ3v) is 4.21. The molecule has 1 atom stereocenters. The fourth-order valence-corrected chi connectivity index (χ4v) is 2.50. The number of anilines is 1. The van der Waals surface area contributed by atoms with Crippen LogP contribution in [0.4, 0.5) is 17.1 Å². The molecule has 28 heavy (non-hydrogen) atoms. The Bertz CT molecular complexity index is 883. The Kier molecular flexibility index (Phi) is 6.65. The zero-order valence-corrected chi connectivity index (χ0v) is 16.5. The Labute approximate surface area is 173 Å². The van der Waals surface area contributed by atoms with Gasteiger partial charge in [-0.2, -0.15) is 0 Å². The number of hydrogen-bond donors (Lipinski definition) is 2. The summed E-state index contributed by atoms with van der Waals surface area (Å²) in [6.07, 6.45) is -1.23. The molecule has 0 aliphatic rings. The molecular formula is C16H13Cl3N4O5. The molecule has 0 aliphatic carbocycles. The molecule has 0 heterocycles. The molecule has 0 aliphatic heterocycles. The number of hydrogen-bond acceptors (Lipinski definition) is 6. The average molecular weight is 448 g/mol. The van der Waals surface area contributed by atoms with E-state index in [0.29, 0.717) is 5.69 Å². The molecule has 1 amide bonds. The molecule has 9 nitrogen and oxygen atoms in total. The van der Waals surface area contributed by atoms with E-state index in [0.717, 1.165) is 23.8 Å². The Morgan fingerprint density at radius 2 is 1.50 bits per heavy atom. The van der Waals surface area contributed by atoms with Gasteiger partial charge in [-0.3, -0.25) is 25.0 Å². The van der Waals surface area contributed by atoms with Gasteiger partial charge in [0.1, 0.15) is 6.17 Å². The van der Waals surface area contributed by atoms with Crippen LogP contribution in [0.5, 0.6) is 0 Å². The number of nitrogens with one attached hydrogen (secondary N) is 2. The van der Waals surface area contributed by atoms with Gasteiger partial charge in [0.05, 0.1) is 21.5 Å². The highest BCUT2D eigenvalue weighted by molar-refractivity contribution is 6.68. The van der Waals surface area contributed by atoms with Crippen molar-refractivity contribution in [2.45, 2.75) is 16.9 Å². The van der Waals surface area contributed by atoms with Crippen LogP contribution < -0.4 is 10.6 Å². The monoisotopic (exact) mass is 446 g/mol. The van der Waals surface area contributed by atoms with Crippen LogP contribution in [0.2, 0.25) is 0 Å². The Morgan fingerprint density at radius 3 is 1.93 bits per heavy atom. The van der Waals surface area contributed by atoms with Crippen molar-refractivity contribution >= 4 is 57.8 Å². The normalized spacial score (nSPS) is 12.1. The number of carbonyl (C=O) groups excluding carboxylic acids is 1. The molecule has 0 radical (unpaired) electrons. The predicted molar refractivity (Wildman–Crippen MR) is 106 cm³/mol. The number of aryl methyl sites for hydroxylation is 1. The van der Waals surface area contributed by atoms with Gasteiger partial charge >= 0.3 is 0 Å². The Hall–Kier alpha value is -2.62. The number of nitro groups is 2. The van der Waals surface area contributed by atoms with Crippen molar-refractivity contribution < 1.29 is 14.6 Å². The molecule has 0 unspecified atom stereocenters. The van der Waals surface area contributed by atoms with Gasteiger partial charge in [0.25, 0.3) is 17.3 Å². The van der Waals surface area contributed by atoms with E-state index in [-0.39, 0.29) is 5.56 Å². The zero-order valence-electron chi connectivity index (χ0n) is 14.2. The summed E-state index contributed by atoms with van der Waals surface area (Å²) >= 11 is 17.7. The van der Waals surface area contributed by atoms with Crippen LogP contribution in [0, 0.1) is 27.2 Å². The molecule has 0 saturated carbocycles. The first kappa shape index (κ1) is 21.7. The number of nitro benzene ring substituents is 2. The van der Waals surface area contributed by atoms with Crippen molar-refractivity contribution in [3.63, 3.8) is 0 Å². The first-order valence-corrected chi connectivity index (χ1v) is 8.75. The molecule has 0 saturated heterocycles. The maximum Gasteiger partial charge on any atom is 0.277 e. The van der Waals surface area contributed by atoms with Crippen molar-refractivity contribution in [2.24, 2.45) is 0 Å². The van der Waals surface area contributed by atoms with Crippen LogP contribution in [0.15, 0.2) is 42.5 Å². The van der Waals surface area contributed by atoms with Gasteiger partial charge in [-0.25, -0.2) is 0 Å².